The van der Waals surface area contributed by atoms with E-state index >= 15 is 0 Å². The summed E-state index contributed by atoms with van der Waals surface area (Å²) in [6, 6.07) is 8.55. The smallest absolute Gasteiger partial charge is 0.244 e. The quantitative estimate of drug-likeness (QED) is 0.475. The van der Waals surface area contributed by atoms with Crippen molar-refractivity contribution < 1.29 is 17.6 Å². The normalized spacial score (nSPS) is 11.9. The number of rotatable bonds is 8. The lowest BCUT2D eigenvalue weighted by Crippen LogP contribution is -2.37. The van der Waals surface area contributed by atoms with Crippen LogP contribution in [0.2, 0.25) is 0 Å². The van der Waals surface area contributed by atoms with Crippen LogP contribution in [-0.2, 0) is 14.6 Å². The van der Waals surface area contributed by atoms with E-state index < -0.39 is 27.3 Å². The van der Waals surface area contributed by atoms with E-state index in [1.165, 1.54) is 28.4 Å². The van der Waals surface area contributed by atoms with Crippen molar-refractivity contribution in [2.24, 2.45) is 0 Å². The van der Waals surface area contributed by atoms with Gasteiger partial charge in [0.15, 0.2) is 15.0 Å². The zero-order valence-electron chi connectivity index (χ0n) is 18.1. The molecule has 31 heavy (non-hydrogen) atoms. The number of thiazole rings is 1. The minimum absolute atomic E-state index is 0.0775. The third kappa shape index (κ3) is 5.66. The molecule has 0 N–H and O–H groups in total. The number of halogens is 1. The molecule has 0 bridgehead atoms. The van der Waals surface area contributed by atoms with E-state index in [2.05, 4.69) is 4.98 Å². The molecule has 0 unspecified atom stereocenters. The van der Waals surface area contributed by atoms with Crippen LogP contribution in [-0.4, -0.2) is 57.1 Å². The summed E-state index contributed by atoms with van der Waals surface area (Å²) in [6.45, 7) is 5.07. The molecule has 3 rings (SSSR count). The Morgan fingerprint density at radius 1 is 1.10 bits per heavy atom. The fourth-order valence-electron chi connectivity index (χ4n) is 3.31. The predicted molar refractivity (Wildman–Crippen MR) is 123 cm³/mol. The lowest BCUT2D eigenvalue weighted by Gasteiger charge is -2.21. The highest BCUT2D eigenvalue weighted by atomic mass is 32.2. The summed E-state index contributed by atoms with van der Waals surface area (Å²) in [4.78, 5) is 21.2. The number of carbonyl (C=O) groups excluding carboxylic acids is 1. The number of carbonyl (C=O) groups is 1. The summed E-state index contributed by atoms with van der Waals surface area (Å²) in [7, 11) is -0.0281. The zero-order valence-corrected chi connectivity index (χ0v) is 19.7. The van der Waals surface area contributed by atoms with Crippen LogP contribution in [0, 0.1) is 19.7 Å². The first-order valence-electron chi connectivity index (χ1n) is 9.88. The van der Waals surface area contributed by atoms with E-state index in [9.17, 15) is 17.6 Å². The second-order valence-corrected chi connectivity index (χ2v) is 10.8. The number of hydrogen-bond acceptors (Lipinski definition) is 6. The van der Waals surface area contributed by atoms with E-state index in [-0.39, 0.29) is 4.90 Å². The molecule has 0 radical (unpaired) electrons. The summed E-state index contributed by atoms with van der Waals surface area (Å²) in [5.74, 6) is -1.78. The van der Waals surface area contributed by atoms with Crippen LogP contribution in [0.4, 0.5) is 9.52 Å². The van der Waals surface area contributed by atoms with Crippen LogP contribution >= 0.6 is 11.3 Å². The molecule has 0 aliphatic rings. The predicted octanol–water partition coefficient (Wildman–Crippen LogP) is 3.81. The molecule has 0 aliphatic carbocycles. The molecule has 1 aromatic heterocycles. The fraction of sp³-hybridized carbons (Fsp3) is 0.364. The first-order valence-corrected chi connectivity index (χ1v) is 12.3. The topological polar surface area (TPSA) is 70.6 Å². The molecule has 0 aliphatic heterocycles. The van der Waals surface area contributed by atoms with Crippen LogP contribution in [0.5, 0.6) is 0 Å². The molecule has 1 heterocycles. The Bertz CT molecular complexity index is 1190. The van der Waals surface area contributed by atoms with Crippen molar-refractivity contribution in [2.75, 3.05) is 37.8 Å². The van der Waals surface area contributed by atoms with Gasteiger partial charge < -0.3 is 4.90 Å². The van der Waals surface area contributed by atoms with Gasteiger partial charge in [0.05, 0.1) is 15.1 Å². The van der Waals surface area contributed by atoms with Crippen molar-refractivity contribution in [3.8, 4) is 0 Å². The molecular formula is C22H26FN3O3S2. The van der Waals surface area contributed by atoms with Crippen molar-refractivity contribution in [1.82, 2.24) is 9.88 Å². The molecule has 0 spiro atoms. The average Bonchev–Trinajstić information content (AvgIpc) is 3.08. The molecule has 1 amide bonds. The van der Waals surface area contributed by atoms with Gasteiger partial charge in [0.1, 0.15) is 11.6 Å². The van der Waals surface area contributed by atoms with Crippen molar-refractivity contribution in [2.45, 2.75) is 25.2 Å². The van der Waals surface area contributed by atoms with Crippen LogP contribution in [0.3, 0.4) is 0 Å². The highest BCUT2D eigenvalue weighted by molar-refractivity contribution is 7.92. The SMILES string of the molecule is Cc1cc(C)c2nc(N(CCCN(C)C)C(=O)CS(=O)(=O)c3ccc(F)cc3)sc2c1. The van der Waals surface area contributed by atoms with Crippen molar-refractivity contribution in [3.05, 3.63) is 53.3 Å². The van der Waals surface area contributed by atoms with Crippen LogP contribution in [0.15, 0.2) is 41.3 Å². The molecule has 6 nitrogen and oxygen atoms in total. The summed E-state index contributed by atoms with van der Waals surface area (Å²) in [5, 5.41) is 0.488. The molecule has 0 saturated heterocycles. The van der Waals surface area contributed by atoms with E-state index in [0.29, 0.717) is 18.1 Å². The Morgan fingerprint density at radius 3 is 2.42 bits per heavy atom. The Morgan fingerprint density at radius 2 is 1.77 bits per heavy atom. The number of benzene rings is 2. The third-order valence-electron chi connectivity index (χ3n) is 4.82. The Hall–Kier alpha value is -2.36. The minimum atomic E-state index is -3.91. The molecule has 166 valence electrons. The van der Waals surface area contributed by atoms with Crippen LogP contribution in [0.1, 0.15) is 17.5 Å². The van der Waals surface area contributed by atoms with Gasteiger partial charge in [0, 0.05) is 6.54 Å². The second kappa shape index (κ2) is 9.42. The highest BCUT2D eigenvalue weighted by Gasteiger charge is 2.26. The number of nitrogens with zero attached hydrogens (tertiary/aromatic N) is 3. The number of amides is 1. The minimum Gasteiger partial charge on any atom is -0.309 e. The van der Waals surface area contributed by atoms with Gasteiger partial charge in [-0.05, 0) is 82.4 Å². The fourth-order valence-corrected chi connectivity index (χ4v) is 5.70. The standard InChI is InChI=1S/C22H26FN3O3S2/c1-15-12-16(2)21-19(13-15)30-22(24-21)26(11-5-10-25(3)4)20(27)14-31(28,29)18-8-6-17(23)7-9-18/h6-9,12-13H,5,10-11,14H2,1-4H3. The molecule has 9 heteroatoms. The van der Waals surface area contributed by atoms with Gasteiger partial charge in [-0.2, -0.15) is 0 Å². The lowest BCUT2D eigenvalue weighted by atomic mass is 10.1. The van der Waals surface area contributed by atoms with Gasteiger partial charge in [-0.25, -0.2) is 17.8 Å². The van der Waals surface area contributed by atoms with Crippen molar-refractivity contribution in [3.63, 3.8) is 0 Å². The van der Waals surface area contributed by atoms with Crippen LogP contribution in [0.25, 0.3) is 10.2 Å². The monoisotopic (exact) mass is 463 g/mol. The maximum absolute atomic E-state index is 13.2. The van der Waals surface area contributed by atoms with Crippen molar-refractivity contribution in [1.29, 1.82) is 0 Å². The number of fused-ring (bicyclic) bond motifs is 1. The summed E-state index contributed by atoms with van der Waals surface area (Å²) in [6.07, 6.45) is 0.670. The molecule has 2 aromatic carbocycles. The number of sulfone groups is 1. The molecule has 0 fully saturated rings. The maximum atomic E-state index is 13.2. The van der Waals surface area contributed by atoms with E-state index in [1.54, 1.807) is 0 Å². The van der Waals surface area contributed by atoms with Crippen LogP contribution < -0.4 is 4.90 Å². The van der Waals surface area contributed by atoms with Gasteiger partial charge in [-0.15, -0.1) is 0 Å². The molecular weight excluding hydrogens is 437 g/mol. The Kier molecular flexibility index (Phi) is 7.08. The number of aryl methyl sites for hydroxylation is 2. The largest absolute Gasteiger partial charge is 0.309 e. The number of aromatic nitrogens is 1. The number of hydrogen-bond donors (Lipinski definition) is 0. The lowest BCUT2D eigenvalue weighted by molar-refractivity contribution is -0.116. The average molecular weight is 464 g/mol. The molecule has 0 saturated carbocycles. The number of anilines is 1. The molecule has 3 aromatic rings. The Balaban J connectivity index is 1.92. The van der Waals surface area contributed by atoms with Gasteiger partial charge in [0.2, 0.25) is 5.91 Å². The maximum Gasteiger partial charge on any atom is 0.244 e. The molecule has 0 atom stereocenters. The first kappa shape index (κ1) is 23.3. The van der Waals surface area contributed by atoms with Crippen molar-refractivity contribution >= 4 is 42.4 Å². The van der Waals surface area contributed by atoms with E-state index in [4.69, 9.17) is 0 Å². The van der Waals surface area contributed by atoms with Gasteiger partial charge >= 0.3 is 0 Å². The zero-order chi connectivity index (χ0) is 22.8. The Labute approximate surface area is 186 Å². The summed E-state index contributed by atoms with van der Waals surface area (Å²) < 4.78 is 39.6. The summed E-state index contributed by atoms with van der Waals surface area (Å²) in [5.41, 5.74) is 2.93. The van der Waals surface area contributed by atoms with E-state index in [0.717, 1.165) is 40.0 Å². The van der Waals surface area contributed by atoms with Gasteiger partial charge in [-0.3, -0.25) is 9.69 Å². The van der Waals surface area contributed by atoms with Gasteiger partial charge in [0.25, 0.3) is 0 Å². The third-order valence-corrected chi connectivity index (χ3v) is 7.47. The summed E-state index contributed by atoms with van der Waals surface area (Å²) >= 11 is 1.38. The first-order chi connectivity index (χ1) is 14.6. The van der Waals surface area contributed by atoms with Gasteiger partial charge in [-0.1, -0.05) is 17.4 Å². The highest BCUT2D eigenvalue weighted by Crippen LogP contribution is 2.32. The van der Waals surface area contributed by atoms with E-state index in [1.807, 2.05) is 45.0 Å². The second-order valence-electron chi connectivity index (χ2n) is 7.84.